The normalized spacial score (nSPS) is 11.4. The number of unbranched alkanes of at least 4 members (excludes halogenated alkanes) is 1. The van der Waals surface area contributed by atoms with Gasteiger partial charge in [-0.15, -0.1) is 0 Å². The van der Waals surface area contributed by atoms with E-state index in [1.165, 1.54) is 0 Å². The number of aryl methyl sites for hydroxylation is 1. The van der Waals surface area contributed by atoms with Crippen LogP contribution in [0, 0.1) is 0 Å². The van der Waals surface area contributed by atoms with Crippen molar-refractivity contribution in [1.82, 2.24) is 9.55 Å². The van der Waals surface area contributed by atoms with Crippen LogP contribution in [0.4, 0.5) is 0 Å². The van der Waals surface area contributed by atoms with Gasteiger partial charge in [0.1, 0.15) is 0 Å². The van der Waals surface area contributed by atoms with Gasteiger partial charge < -0.3 is 9.12 Å². The largest absolute Gasteiger partial charge is 1.00 e. The van der Waals surface area contributed by atoms with Gasteiger partial charge in [0, 0.05) is 12.3 Å². The van der Waals surface area contributed by atoms with E-state index in [2.05, 4.69) is 4.98 Å². The number of rotatable bonds is 5. The maximum atomic E-state index is 10.4. The molecule has 0 atom stereocenters. The molecule has 92 valence electrons. The average Bonchev–Trinajstić information content (AvgIpc) is 2.67. The Labute approximate surface area is 128 Å². The number of para-hydroxylation sites is 2. The average molecular weight is 276 g/mol. The van der Waals surface area contributed by atoms with E-state index in [1.807, 2.05) is 28.8 Å². The Hall–Kier alpha value is -0.400. The van der Waals surface area contributed by atoms with Crippen LogP contribution in [-0.2, 0) is 16.7 Å². The molecule has 1 aromatic heterocycles. The van der Waals surface area contributed by atoms with Crippen LogP contribution in [0.3, 0.4) is 0 Å². The van der Waals surface area contributed by atoms with Crippen LogP contribution < -0.4 is 29.6 Å². The third-order valence-corrected chi connectivity index (χ3v) is 3.36. The van der Waals surface area contributed by atoms with Gasteiger partial charge in [0.05, 0.1) is 27.5 Å². The van der Waals surface area contributed by atoms with Crippen LogP contribution in [0.5, 0.6) is 0 Å². The van der Waals surface area contributed by atoms with Gasteiger partial charge in [0.2, 0.25) is 0 Å². The standard InChI is InChI=1S/C11H14N2O3S.Na/c14-17(15,16)8-4-3-7-13-9-12-10-5-1-2-6-11(10)13;/h1-2,5-6,9H,3-4,7-8H2,(H,14,15,16);/q;+1/p-1. The van der Waals surface area contributed by atoms with Gasteiger partial charge in [0.25, 0.3) is 0 Å². The minimum atomic E-state index is -4.08. The number of benzene rings is 1. The van der Waals surface area contributed by atoms with E-state index in [0.717, 1.165) is 11.0 Å². The van der Waals surface area contributed by atoms with Crippen molar-refractivity contribution in [2.45, 2.75) is 19.4 Å². The van der Waals surface area contributed by atoms with E-state index < -0.39 is 10.1 Å². The Morgan fingerprint density at radius 1 is 1.22 bits per heavy atom. The Kier molecular flexibility index (Phi) is 5.81. The van der Waals surface area contributed by atoms with E-state index in [-0.39, 0.29) is 35.3 Å². The molecule has 1 heterocycles. The molecule has 0 fully saturated rings. The van der Waals surface area contributed by atoms with Gasteiger partial charge in [-0.25, -0.2) is 13.4 Å². The minimum Gasteiger partial charge on any atom is -0.748 e. The molecule has 5 nitrogen and oxygen atoms in total. The summed E-state index contributed by atoms with van der Waals surface area (Å²) in [5.74, 6) is -0.292. The second-order valence-corrected chi connectivity index (χ2v) is 5.42. The predicted octanol–water partition coefficient (Wildman–Crippen LogP) is -1.63. The van der Waals surface area contributed by atoms with Crippen molar-refractivity contribution in [2.24, 2.45) is 0 Å². The zero-order valence-corrected chi connectivity index (χ0v) is 13.1. The van der Waals surface area contributed by atoms with Crippen LogP contribution >= 0.6 is 0 Å². The summed E-state index contributed by atoms with van der Waals surface area (Å²) in [5, 5.41) is 0. The summed E-state index contributed by atoms with van der Waals surface area (Å²) < 4.78 is 33.3. The predicted molar refractivity (Wildman–Crippen MR) is 63.5 cm³/mol. The van der Waals surface area contributed by atoms with Crippen molar-refractivity contribution in [3.8, 4) is 0 Å². The zero-order valence-electron chi connectivity index (χ0n) is 10.2. The summed E-state index contributed by atoms with van der Waals surface area (Å²) >= 11 is 0. The molecule has 0 spiro atoms. The first kappa shape index (κ1) is 15.7. The first-order chi connectivity index (χ1) is 8.06. The smallest absolute Gasteiger partial charge is 0.748 e. The van der Waals surface area contributed by atoms with Crippen molar-refractivity contribution in [1.29, 1.82) is 0 Å². The van der Waals surface area contributed by atoms with Crippen molar-refractivity contribution in [3.05, 3.63) is 30.6 Å². The Bertz CT molecular complexity index is 610. The Morgan fingerprint density at radius 3 is 2.67 bits per heavy atom. The molecule has 0 N–H and O–H groups in total. The van der Waals surface area contributed by atoms with E-state index in [0.29, 0.717) is 19.4 Å². The number of imidazole rings is 1. The third kappa shape index (κ3) is 4.37. The van der Waals surface area contributed by atoms with Gasteiger partial charge in [-0.2, -0.15) is 0 Å². The fourth-order valence-electron chi connectivity index (χ4n) is 1.75. The van der Waals surface area contributed by atoms with Gasteiger partial charge in [-0.05, 0) is 25.0 Å². The van der Waals surface area contributed by atoms with Crippen LogP contribution in [0.15, 0.2) is 30.6 Å². The second kappa shape index (κ2) is 6.68. The maximum absolute atomic E-state index is 10.4. The van der Waals surface area contributed by atoms with E-state index in [9.17, 15) is 13.0 Å². The number of fused-ring (bicyclic) bond motifs is 1. The van der Waals surface area contributed by atoms with Gasteiger partial charge in [0.15, 0.2) is 0 Å². The van der Waals surface area contributed by atoms with Gasteiger partial charge in [-0.1, -0.05) is 12.1 Å². The molecule has 1 aromatic carbocycles. The fourth-order valence-corrected chi connectivity index (χ4v) is 2.31. The summed E-state index contributed by atoms with van der Waals surface area (Å²) in [6.07, 6.45) is 2.77. The number of aromatic nitrogens is 2. The van der Waals surface area contributed by atoms with E-state index >= 15 is 0 Å². The van der Waals surface area contributed by atoms with Crippen LogP contribution in [-0.4, -0.2) is 28.3 Å². The van der Waals surface area contributed by atoms with Crippen molar-refractivity contribution >= 4 is 21.2 Å². The second-order valence-electron chi connectivity index (χ2n) is 3.90. The van der Waals surface area contributed by atoms with Gasteiger partial charge >= 0.3 is 29.6 Å². The molecule has 0 unspecified atom stereocenters. The van der Waals surface area contributed by atoms with E-state index in [4.69, 9.17) is 0 Å². The quantitative estimate of drug-likeness (QED) is 0.373. The molecule has 0 amide bonds. The molecule has 0 aliphatic carbocycles. The monoisotopic (exact) mass is 276 g/mol. The van der Waals surface area contributed by atoms with Crippen molar-refractivity contribution in [3.63, 3.8) is 0 Å². The summed E-state index contributed by atoms with van der Waals surface area (Å²) in [4.78, 5) is 4.23. The molecular formula is C11H13N2NaO3S. The molecular weight excluding hydrogens is 263 g/mol. The van der Waals surface area contributed by atoms with Crippen molar-refractivity contribution in [2.75, 3.05) is 5.75 Å². The van der Waals surface area contributed by atoms with Crippen LogP contribution in [0.2, 0.25) is 0 Å². The molecule has 0 bridgehead atoms. The number of nitrogens with zero attached hydrogens (tertiary/aromatic N) is 2. The Morgan fingerprint density at radius 2 is 1.94 bits per heavy atom. The summed E-state index contributed by atoms with van der Waals surface area (Å²) in [6.45, 7) is 0.677. The van der Waals surface area contributed by atoms with Crippen LogP contribution in [0.25, 0.3) is 11.0 Å². The molecule has 0 saturated heterocycles. The molecule has 2 rings (SSSR count). The van der Waals surface area contributed by atoms with Crippen molar-refractivity contribution < 1.29 is 42.5 Å². The molecule has 18 heavy (non-hydrogen) atoms. The topological polar surface area (TPSA) is 75.0 Å². The number of hydrogen-bond acceptors (Lipinski definition) is 4. The van der Waals surface area contributed by atoms with Crippen LogP contribution in [0.1, 0.15) is 12.8 Å². The third-order valence-electron chi connectivity index (χ3n) is 2.57. The summed E-state index contributed by atoms with van der Waals surface area (Å²) in [6, 6.07) is 7.74. The maximum Gasteiger partial charge on any atom is 1.00 e. The summed E-state index contributed by atoms with van der Waals surface area (Å²) in [5.41, 5.74) is 1.95. The van der Waals surface area contributed by atoms with Gasteiger partial charge in [-0.3, -0.25) is 0 Å². The SMILES string of the molecule is O=S(=O)([O-])CCCCn1cnc2ccccc21.[Na+]. The number of hydrogen-bond donors (Lipinski definition) is 0. The first-order valence-electron chi connectivity index (χ1n) is 5.40. The molecule has 2 aromatic rings. The minimum absolute atomic E-state index is 0. The molecule has 0 aliphatic rings. The molecule has 0 saturated carbocycles. The fraction of sp³-hybridized carbons (Fsp3) is 0.364. The molecule has 7 heteroatoms. The first-order valence-corrected chi connectivity index (χ1v) is 6.97. The Balaban J connectivity index is 0.00000162. The summed E-state index contributed by atoms with van der Waals surface area (Å²) in [7, 11) is -4.08. The van der Waals surface area contributed by atoms with E-state index in [1.54, 1.807) is 6.33 Å². The molecule has 0 radical (unpaired) electrons. The molecule has 0 aliphatic heterocycles. The zero-order chi connectivity index (χ0) is 12.3.